The molecule has 2 aromatic heterocycles. The largest absolute Gasteiger partial charge is 0.397 e. The maximum atomic E-state index is 6.03. The van der Waals surface area contributed by atoms with Crippen molar-refractivity contribution in [3.63, 3.8) is 0 Å². The van der Waals surface area contributed by atoms with Crippen molar-refractivity contribution in [3.8, 4) is 10.8 Å². The van der Waals surface area contributed by atoms with Crippen LogP contribution in [0.1, 0.15) is 55.8 Å². The predicted molar refractivity (Wildman–Crippen MR) is 77.2 cm³/mol. The van der Waals surface area contributed by atoms with Gasteiger partial charge in [-0.25, -0.2) is 0 Å². The number of rotatable bonds is 2. The Morgan fingerprint density at radius 3 is 2.63 bits per heavy atom. The molecule has 0 amide bonds. The molecule has 4 nitrogen and oxygen atoms in total. The van der Waals surface area contributed by atoms with Crippen molar-refractivity contribution in [1.29, 1.82) is 0 Å². The number of nitrogens with two attached hydrogens (primary N) is 1. The Bertz CT molecular complexity index is 553. The van der Waals surface area contributed by atoms with E-state index < -0.39 is 0 Å². The summed E-state index contributed by atoms with van der Waals surface area (Å²) < 4.78 is 5.41. The molecule has 1 fully saturated rings. The number of hydrogen-bond acceptors (Lipinski definition) is 5. The SMILES string of the molecule is Cc1csc(-c2nc(C3CCCCCC3)no2)c1N. The third-order valence-electron chi connectivity index (χ3n) is 3.88. The molecule has 0 spiro atoms. The molecule has 0 radical (unpaired) electrons. The van der Waals surface area contributed by atoms with Crippen LogP contribution in [0, 0.1) is 6.92 Å². The van der Waals surface area contributed by atoms with E-state index in [2.05, 4.69) is 10.1 Å². The van der Waals surface area contributed by atoms with Gasteiger partial charge in [0.05, 0.1) is 5.69 Å². The van der Waals surface area contributed by atoms with E-state index in [9.17, 15) is 0 Å². The summed E-state index contributed by atoms with van der Waals surface area (Å²) in [5, 5.41) is 6.20. The lowest BCUT2D eigenvalue weighted by molar-refractivity contribution is 0.410. The molecule has 19 heavy (non-hydrogen) atoms. The molecule has 1 aliphatic rings. The Balaban J connectivity index is 1.84. The van der Waals surface area contributed by atoms with Gasteiger partial charge in [0.2, 0.25) is 0 Å². The van der Waals surface area contributed by atoms with Gasteiger partial charge in [-0.2, -0.15) is 4.98 Å². The molecule has 5 heteroatoms. The van der Waals surface area contributed by atoms with Gasteiger partial charge in [-0.1, -0.05) is 30.8 Å². The second-order valence-corrected chi connectivity index (χ2v) is 6.19. The van der Waals surface area contributed by atoms with E-state index in [-0.39, 0.29) is 0 Å². The van der Waals surface area contributed by atoms with Crippen molar-refractivity contribution in [1.82, 2.24) is 10.1 Å². The maximum Gasteiger partial charge on any atom is 0.270 e. The minimum Gasteiger partial charge on any atom is -0.397 e. The zero-order valence-electron chi connectivity index (χ0n) is 11.2. The van der Waals surface area contributed by atoms with Crippen LogP contribution < -0.4 is 5.73 Å². The van der Waals surface area contributed by atoms with Gasteiger partial charge in [-0.15, -0.1) is 11.3 Å². The Morgan fingerprint density at radius 2 is 2.00 bits per heavy atom. The first-order chi connectivity index (χ1) is 9.25. The molecule has 1 saturated carbocycles. The summed E-state index contributed by atoms with van der Waals surface area (Å²) in [6.45, 7) is 2.00. The average molecular weight is 277 g/mol. The highest BCUT2D eigenvalue weighted by Crippen LogP contribution is 2.36. The van der Waals surface area contributed by atoms with E-state index in [1.54, 1.807) is 11.3 Å². The number of thiophene rings is 1. The molecule has 0 aliphatic heterocycles. The number of aromatic nitrogens is 2. The minimum absolute atomic E-state index is 0.460. The fourth-order valence-electron chi connectivity index (χ4n) is 2.65. The Labute approximate surface area is 117 Å². The summed E-state index contributed by atoms with van der Waals surface area (Å²) >= 11 is 1.57. The quantitative estimate of drug-likeness (QED) is 0.838. The lowest BCUT2D eigenvalue weighted by atomic mass is 10.00. The van der Waals surface area contributed by atoms with Crippen LogP contribution in [0.3, 0.4) is 0 Å². The molecule has 0 atom stereocenters. The third-order valence-corrected chi connectivity index (χ3v) is 4.98. The van der Waals surface area contributed by atoms with E-state index in [1.807, 2.05) is 12.3 Å². The van der Waals surface area contributed by atoms with E-state index >= 15 is 0 Å². The number of hydrogen-bond donors (Lipinski definition) is 1. The van der Waals surface area contributed by atoms with E-state index in [4.69, 9.17) is 10.3 Å². The molecule has 1 aliphatic carbocycles. The molecule has 2 aromatic rings. The van der Waals surface area contributed by atoms with Crippen LogP contribution >= 0.6 is 11.3 Å². The number of nitrogens with zero attached hydrogens (tertiary/aromatic N) is 2. The Morgan fingerprint density at radius 1 is 1.26 bits per heavy atom. The molecule has 102 valence electrons. The van der Waals surface area contributed by atoms with Crippen molar-refractivity contribution in [2.45, 2.75) is 51.4 Å². The van der Waals surface area contributed by atoms with Crippen LogP contribution in [0.2, 0.25) is 0 Å². The van der Waals surface area contributed by atoms with Gasteiger partial charge in [-0.3, -0.25) is 0 Å². The summed E-state index contributed by atoms with van der Waals surface area (Å²) in [5.41, 5.74) is 7.87. The zero-order valence-corrected chi connectivity index (χ0v) is 12.0. The van der Waals surface area contributed by atoms with Gasteiger partial charge in [0.25, 0.3) is 5.89 Å². The second kappa shape index (κ2) is 5.33. The van der Waals surface area contributed by atoms with Gasteiger partial charge in [0, 0.05) is 5.92 Å². The first kappa shape index (κ1) is 12.7. The van der Waals surface area contributed by atoms with Crippen LogP contribution in [-0.2, 0) is 0 Å². The molecular formula is C14H19N3OS. The molecule has 0 aromatic carbocycles. The number of aryl methyl sites for hydroxylation is 1. The van der Waals surface area contributed by atoms with Crippen LogP contribution in [0.5, 0.6) is 0 Å². The molecular weight excluding hydrogens is 258 g/mol. The number of anilines is 1. The van der Waals surface area contributed by atoms with Crippen molar-refractivity contribution in [3.05, 3.63) is 16.8 Å². The minimum atomic E-state index is 0.460. The topological polar surface area (TPSA) is 64.9 Å². The standard InChI is InChI=1S/C14H19N3OS/c1-9-8-19-12(11(9)15)14-16-13(17-18-14)10-6-4-2-3-5-7-10/h8,10H,2-7,15H2,1H3. The van der Waals surface area contributed by atoms with Gasteiger partial charge in [-0.05, 0) is 30.7 Å². The summed E-state index contributed by atoms with van der Waals surface area (Å²) in [7, 11) is 0. The summed E-state index contributed by atoms with van der Waals surface area (Å²) in [6.07, 6.45) is 7.57. The first-order valence-corrected chi connectivity index (χ1v) is 7.81. The highest BCUT2D eigenvalue weighted by atomic mass is 32.1. The monoisotopic (exact) mass is 277 g/mol. The van der Waals surface area contributed by atoms with E-state index in [0.717, 1.165) is 22.0 Å². The van der Waals surface area contributed by atoms with Gasteiger partial charge < -0.3 is 10.3 Å². The normalized spacial score (nSPS) is 17.5. The molecule has 0 unspecified atom stereocenters. The first-order valence-electron chi connectivity index (χ1n) is 6.93. The molecule has 2 N–H and O–H groups in total. The van der Waals surface area contributed by atoms with Crippen molar-refractivity contribution >= 4 is 17.0 Å². The van der Waals surface area contributed by atoms with Crippen molar-refractivity contribution in [2.24, 2.45) is 0 Å². The fraction of sp³-hybridized carbons (Fsp3) is 0.571. The predicted octanol–water partition coefficient (Wildman–Crippen LogP) is 4.13. The highest BCUT2D eigenvalue weighted by Gasteiger charge is 2.22. The summed E-state index contributed by atoms with van der Waals surface area (Å²) in [6, 6.07) is 0. The Kier molecular flexibility index (Phi) is 3.55. The molecule has 0 bridgehead atoms. The summed E-state index contributed by atoms with van der Waals surface area (Å²) in [5.74, 6) is 1.90. The summed E-state index contributed by atoms with van der Waals surface area (Å²) in [4.78, 5) is 5.48. The average Bonchev–Trinajstić information content (AvgIpc) is 2.90. The fourth-order valence-corrected chi connectivity index (χ4v) is 3.54. The van der Waals surface area contributed by atoms with Crippen LogP contribution in [0.4, 0.5) is 5.69 Å². The molecule has 3 rings (SSSR count). The van der Waals surface area contributed by atoms with Gasteiger partial charge >= 0.3 is 0 Å². The maximum absolute atomic E-state index is 6.03. The lowest BCUT2D eigenvalue weighted by Gasteiger charge is -2.07. The van der Waals surface area contributed by atoms with Gasteiger partial charge in [0.15, 0.2) is 5.82 Å². The smallest absolute Gasteiger partial charge is 0.270 e. The lowest BCUT2D eigenvalue weighted by Crippen LogP contribution is -1.99. The van der Waals surface area contributed by atoms with Crippen molar-refractivity contribution < 1.29 is 4.52 Å². The van der Waals surface area contributed by atoms with Crippen LogP contribution in [-0.4, -0.2) is 10.1 Å². The third kappa shape index (κ3) is 2.52. The molecule has 2 heterocycles. The Hall–Kier alpha value is -1.36. The second-order valence-electron chi connectivity index (χ2n) is 5.31. The molecule has 0 saturated heterocycles. The number of nitrogen functional groups attached to an aromatic ring is 1. The zero-order chi connectivity index (χ0) is 13.2. The van der Waals surface area contributed by atoms with E-state index in [0.29, 0.717) is 11.8 Å². The van der Waals surface area contributed by atoms with Crippen LogP contribution in [0.25, 0.3) is 10.8 Å². The van der Waals surface area contributed by atoms with Crippen LogP contribution in [0.15, 0.2) is 9.90 Å². The van der Waals surface area contributed by atoms with Gasteiger partial charge in [0.1, 0.15) is 4.88 Å². The highest BCUT2D eigenvalue weighted by molar-refractivity contribution is 7.14. The van der Waals surface area contributed by atoms with Crippen molar-refractivity contribution in [2.75, 3.05) is 5.73 Å². The van der Waals surface area contributed by atoms with E-state index in [1.165, 1.54) is 38.5 Å².